The minimum Gasteiger partial charge on any atom is -0.387 e. The van der Waals surface area contributed by atoms with Gasteiger partial charge in [0.25, 0.3) is 0 Å². The van der Waals surface area contributed by atoms with E-state index in [0.717, 1.165) is 0 Å². The molecular formula is C14H21ClF2N3O3P. The summed E-state index contributed by atoms with van der Waals surface area (Å²) < 4.78 is 46.4. The molecule has 0 aromatic rings. The van der Waals surface area contributed by atoms with Gasteiger partial charge in [0.15, 0.2) is 18.3 Å². The zero-order valence-corrected chi connectivity index (χ0v) is 15.1. The quantitative estimate of drug-likeness (QED) is 0.560. The van der Waals surface area contributed by atoms with Crippen LogP contribution in [0.15, 0.2) is 29.7 Å². The Bertz CT molecular complexity index is 626. The molecule has 0 bridgehead atoms. The number of aliphatic hydroxyl groups is 1. The molecule has 24 heavy (non-hydrogen) atoms. The van der Waals surface area contributed by atoms with Crippen molar-refractivity contribution in [1.29, 1.82) is 0 Å². The predicted molar refractivity (Wildman–Crippen MR) is 89.9 cm³/mol. The van der Waals surface area contributed by atoms with Crippen LogP contribution >= 0.6 is 18.7 Å². The lowest BCUT2D eigenvalue weighted by molar-refractivity contribution is -0.107. The van der Waals surface area contributed by atoms with Crippen LogP contribution in [0.3, 0.4) is 0 Å². The van der Waals surface area contributed by atoms with E-state index < -0.39 is 43.6 Å². The van der Waals surface area contributed by atoms with E-state index in [-0.39, 0.29) is 17.5 Å². The summed E-state index contributed by atoms with van der Waals surface area (Å²) in [4.78, 5) is 5.15. The summed E-state index contributed by atoms with van der Waals surface area (Å²) in [7, 11) is -3.11. The van der Waals surface area contributed by atoms with Crippen LogP contribution in [-0.4, -0.2) is 65.1 Å². The average Bonchev–Trinajstić information content (AvgIpc) is 2.72. The van der Waals surface area contributed by atoms with Crippen LogP contribution in [0.1, 0.15) is 6.42 Å². The smallest absolute Gasteiger partial charge is 0.174 e. The Labute approximate surface area is 144 Å². The SMILES string of the molecule is C=C1N=C(N)C=CN1[C@@H]1O[C@](CCl)(CC(F)P(C)(C)=O)[C@@H](O)[C@H]1F. The van der Waals surface area contributed by atoms with Gasteiger partial charge in [0, 0.05) is 12.6 Å². The van der Waals surface area contributed by atoms with Crippen molar-refractivity contribution in [3.8, 4) is 0 Å². The van der Waals surface area contributed by atoms with Gasteiger partial charge in [0.05, 0.1) is 5.88 Å². The molecule has 1 fully saturated rings. The molecule has 2 aliphatic rings. The van der Waals surface area contributed by atoms with Crippen LogP contribution in [0.4, 0.5) is 8.78 Å². The van der Waals surface area contributed by atoms with Gasteiger partial charge in [-0.3, -0.25) is 0 Å². The fourth-order valence-electron chi connectivity index (χ4n) is 2.59. The van der Waals surface area contributed by atoms with E-state index in [1.807, 2.05) is 0 Å². The zero-order chi connectivity index (χ0) is 18.3. The molecule has 5 atom stereocenters. The Morgan fingerprint density at radius 2 is 2.29 bits per heavy atom. The second kappa shape index (κ2) is 6.75. The Hall–Kier alpha value is -0.950. The van der Waals surface area contributed by atoms with Crippen molar-refractivity contribution in [3.63, 3.8) is 0 Å². The van der Waals surface area contributed by atoms with Crippen molar-refractivity contribution >= 4 is 24.6 Å². The van der Waals surface area contributed by atoms with Crippen LogP contribution in [-0.2, 0) is 9.30 Å². The number of hydrogen-bond donors (Lipinski definition) is 2. The molecule has 2 rings (SSSR count). The minimum atomic E-state index is -3.11. The minimum absolute atomic E-state index is 0.119. The largest absolute Gasteiger partial charge is 0.387 e. The van der Waals surface area contributed by atoms with Gasteiger partial charge < -0.3 is 25.0 Å². The summed E-state index contributed by atoms with van der Waals surface area (Å²) in [6.07, 6.45) is -2.51. The lowest BCUT2D eigenvalue weighted by atomic mass is 9.94. The maximum atomic E-state index is 14.6. The van der Waals surface area contributed by atoms with Crippen LogP contribution in [0.5, 0.6) is 0 Å². The van der Waals surface area contributed by atoms with E-state index in [4.69, 9.17) is 22.1 Å². The molecule has 0 amide bonds. The molecule has 2 heterocycles. The first-order valence-electron chi connectivity index (χ1n) is 7.26. The van der Waals surface area contributed by atoms with Crippen molar-refractivity contribution < 1.29 is 23.2 Å². The summed E-state index contributed by atoms with van der Waals surface area (Å²) >= 11 is 5.87. The van der Waals surface area contributed by atoms with E-state index >= 15 is 0 Å². The molecule has 0 saturated carbocycles. The van der Waals surface area contributed by atoms with Gasteiger partial charge in [0.2, 0.25) is 0 Å². The molecule has 2 aliphatic heterocycles. The average molecular weight is 384 g/mol. The molecule has 0 spiro atoms. The van der Waals surface area contributed by atoms with Gasteiger partial charge in [-0.15, -0.1) is 11.6 Å². The van der Waals surface area contributed by atoms with Crippen LogP contribution in [0.25, 0.3) is 0 Å². The normalized spacial score (nSPS) is 35.2. The van der Waals surface area contributed by atoms with E-state index in [1.165, 1.54) is 30.5 Å². The Morgan fingerprint density at radius 3 is 2.79 bits per heavy atom. The Kier molecular flexibility index (Phi) is 5.45. The van der Waals surface area contributed by atoms with Gasteiger partial charge in [-0.25, -0.2) is 13.8 Å². The van der Waals surface area contributed by atoms with Crippen LogP contribution < -0.4 is 5.73 Å². The number of rotatable bonds is 5. The van der Waals surface area contributed by atoms with Crippen molar-refractivity contribution in [2.24, 2.45) is 10.7 Å². The van der Waals surface area contributed by atoms with E-state index in [1.54, 1.807) is 0 Å². The van der Waals surface area contributed by atoms with E-state index in [2.05, 4.69) is 11.6 Å². The molecule has 136 valence electrons. The number of hydrogen-bond acceptors (Lipinski definition) is 6. The first-order chi connectivity index (χ1) is 11.0. The van der Waals surface area contributed by atoms with Gasteiger partial charge in [-0.1, -0.05) is 6.58 Å². The highest BCUT2D eigenvalue weighted by Crippen LogP contribution is 2.50. The molecule has 0 aromatic carbocycles. The highest BCUT2D eigenvalue weighted by molar-refractivity contribution is 7.62. The van der Waals surface area contributed by atoms with Crippen LogP contribution in [0, 0.1) is 0 Å². The van der Waals surface area contributed by atoms with E-state index in [0.29, 0.717) is 0 Å². The van der Waals surface area contributed by atoms with Gasteiger partial charge in [0.1, 0.15) is 30.5 Å². The third kappa shape index (κ3) is 3.52. The molecular weight excluding hydrogens is 363 g/mol. The maximum Gasteiger partial charge on any atom is 0.174 e. The van der Waals surface area contributed by atoms with Crippen LogP contribution in [0.2, 0.25) is 0 Å². The second-order valence-corrected chi connectivity index (χ2v) is 10.0. The standard InChI is InChI=1S/C14H21ClF2N3O3P/c1-8-19-10(18)4-5-20(8)13-11(17)12(21)14(7-15,23-13)6-9(16)24(2,3)22/h4-5,9,11-13,21H,1,6-7H2,2-3H3,(H2,18,19)/t9?,11-,12+,13-,14+/m1/s1. The predicted octanol–water partition coefficient (Wildman–Crippen LogP) is 1.99. The van der Waals surface area contributed by atoms with Gasteiger partial charge in [-0.05, 0) is 19.4 Å². The molecule has 0 radical (unpaired) electrons. The number of amidine groups is 1. The molecule has 3 N–H and O–H groups in total. The van der Waals surface area contributed by atoms with Crippen molar-refractivity contribution in [2.75, 3.05) is 19.2 Å². The Morgan fingerprint density at radius 1 is 1.67 bits per heavy atom. The summed E-state index contributed by atoms with van der Waals surface area (Å²) in [5.41, 5.74) is 3.83. The topological polar surface area (TPSA) is 88.1 Å². The number of aliphatic imine (C=N–C) groups is 1. The van der Waals surface area contributed by atoms with Gasteiger partial charge >= 0.3 is 0 Å². The second-order valence-electron chi connectivity index (χ2n) is 6.34. The molecule has 1 saturated heterocycles. The van der Waals surface area contributed by atoms with Crippen molar-refractivity contribution in [2.45, 2.75) is 36.4 Å². The molecule has 0 aromatic heterocycles. The number of nitrogens with two attached hydrogens (primary N) is 1. The summed E-state index contributed by atoms with van der Waals surface area (Å²) in [6.45, 7) is 6.20. The van der Waals surface area contributed by atoms with Crippen molar-refractivity contribution in [1.82, 2.24) is 4.90 Å². The third-order valence-electron chi connectivity index (χ3n) is 4.12. The fraction of sp³-hybridized carbons (Fsp3) is 0.643. The lowest BCUT2D eigenvalue weighted by Crippen LogP contribution is -2.45. The fourth-order valence-corrected chi connectivity index (χ4v) is 3.67. The molecule has 0 aliphatic carbocycles. The monoisotopic (exact) mass is 383 g/mol. The lowest BCUT2D eigenvalue weighted by Gasteiger charge is -2.34. The summed E-state index contributed by atoms with van der Waals surface area (Å²) in [5.74, 6) is -1.82. The maximum absolute atomic E-state index is 14.6. The van der Waals surface area contributed by atoms with Crippen molar-refractivity contribution in [3.05, 3.63) is 24.7 Å². The van der Waals surface area contributed by atoms with E-state index in [9.17, 15) is 18.5 Å². The highest BCUT2D eigenvalue weighted by Gasteiger charge is 2.58. The Balaban J connectivity index is 2.26. The molecule has 1 unspecified atom stereocenters. The number of halogens is 3. The third-order valence-corrected chi connectivity index (χ3v) is 6.10. The first-order valence-corrected chi connectivity index (χ1v) is 10.5. The number of alkyl halides is 3. The number of ether oxygens (including phenoxy) is 1. The zero-order valence-electron chi connectivity index (χ0n) is 13.4. The number of nitrogens with zero attached hydrogens (tertiary/aromatic N) is 2. The summed E-state index contributed by atoms with van der Waals surface area (Å²) in [5, 5.41) is 10.3. The molecule has 10 heteroatoms. The number of aliphatic hydroxyl groups excluding tert-OH is 1. The van der Waals surface area contributed by atoms with Gasteiger partial charge in [-0.2, -0.15) is 0 Å². The first kappa shape index (κ1) is 19.4. The molecule has 6 nitrogen and oxygen atoms in total. The highest BCUT2D eigenvalue weighted by atomic mass is 35.5. The summed E-state index contributed by atoms with van der Waals surface area (Å²) in [6, 6.07) is 0.